The molecule has 1 aliphatic rings. The van der Waals surface area contributed by atoms with Gasteiger partial charge < -0.3 is 15.3 Å². The standard InChI is InChI=1S/C16H24N2O2/c1-17-16(15(19)20,14-8-9-14)12-18(2)11-10-13-6-4-3-5-7-13/h3-7,14,17H,8-12H2,1-2H3,(H,19,20). The van der Waals surface area contributed by atoms with E-state index in [4.69, 9.17) is 0 Å². The molecule has 0 aliphatic heterocycles. The smallest absolute Gasteiger partial charge is 0.325 e. The van der Waals surface area contributed by atoms with Crippen molar-refractivity contribution in [2.45, 2.75) is 24.8 Å². The van der Waals surface area contributed by atoms with Gasteiger partial charge in [-0.05, 0) is 44.8 Å². The summed E-state index contributed by atoms with van der Waals surface area (Å²) in [6.45, 7) is 1.42. The van der Waals surface area contributed by atoms with Crippen LogP contribution < -0.4 is 5.32 Å². The molecule has 1 aromatic rings. The molecule has 0 aromatic heterocycles. The number of nitrogens with zero attached hydrogens (tertiary/aromatic N) is 1. The van der Waals surface area contributed by atoms with Crippen LogP contribution in [0.3, 0.4) is 0 Å². The Balaban J connectivity index is 1.92. The van der Waals surface area contributed by atoms with E-state index in [0.717, 1.165) is 25.8 Å². The van der Waals surface area contributed by atoms with Gasteiger partial charge in [-0.3, -0.25) is 4.79 Å². The van der Waals surface area contributed by atoms with Crippen molar-refractivity contribution in [3.05, 3.63) is 35.9 Å². The number of rotatable bonds is 8. The van der Waals surface area contributed by atoms with Crippen molar-refractivity contribution in [1.29, 1.82) is 0 Å². The average Bonchev–Trinajstić information content (AvgIpc) is 3.28. The summed E-state index contributed by atoms with van der Waals surface area (Å²) in [7, 11) is 3.76. The number of likely N-dealkylation sites (N-methyl/N-ethyl adjacent to an activating group) is 2. The number of aliphatic carboxylic acids is 1. The molecule has 1 fully saturated rings. The molecule has 0 saturated heterocycles. The van der Waals surface area contributed by atoms with E-state index in [2.05, 4.69) is 22.3 Å². The van der Waals surface area contributed by atoms with Crippen molar-refractivity contribution in [3.8, 4) is 0 Å². The fraction of sp³-hybridized carbons (Fsp3) is 0.562. The zero-order valence-electron chi connectivity index (χ0n) is 12.3. The van der Waals surface area contributed by atoms with Gasteiger partial charge in [-0.1, -0.05) is 30.3 Å². The molecule has 1 aliphatic carbocycles. The van der Waals surface area contributed by atoms with E-state index in [0.29, 0.717) is 6.54 Å². The maximum atomic E-state index is 11.7. The summed E-state index contributed by atoms with van der Waals surface area (Å²) in [5, 5.41) is 12.6. The molecule has 4 heteroatoms. The van der Waals surface area contributed by atoms with Gasteiger partial charge in [0.2, 0.25) is 0 Å². The number of carboxylic acid groups (broad SMARTS) is 1. The van der Waals surface area contributed by atoms with Crippen LogP contribution in [-0.4, -0.2) is 48.7 Å². The Morgan fingerprint density at radius 2 is 2.05 bits per heavy atom. The van der Waals surface area contributed by atoms with Gasteiger partial charge >= 0.3 is 5.97 Å². The first-order chi connectivity index (χ1) is 9.58. The molecular weight excluding hydrogens is 252 g/mol. The average molecular weight is 276 g/mol. The molecule has 0 bridgehead atoms. The second kappa shape index (κ2) is 6.37. The largest absolute Gasteiger partial charge is 0.480 e. The van der Waals surface area contributed by atoms with E-state index < -0.39 is 11.5 Å². The van der Waals surface area contributed by atoms with E-state index in [1.807, 2.05) is 25.2 Å². The molecular formula is C16H24N2O2. The van der Waals surface area contributed by atoms with Crippen LogP contribution in [0.2, 0.25) is 0 Å². The third-order valence-corrected chi connectivity index (χ3v) is 4.25. The van der Waals surface area contributed by atoms with Gasteiger partial charge in [0.1, 0.15) is 5.54 Å². The molecule has 1 atom stereocenters. The first-order valence-corrected chi connectivity index (χ1v) is 7.23. The van der Waals surface area contributed by atoms with Crippen molar-refractivity contribution in [2.24, 2.45) is 5.92 Å². The lowest BCUT2D eigenvalue weighted by atomic mass is 9.92. The lowest BCUT2D eigenvalue weighted by Crippen LogP contribution is -2.59. The van der Waals surface area contributed by atoms with Crippen molar-refractivity contribution in [1.82, 2.24) is 10.2 Å². The molecule has 1 unspecified atom stereocenters. The monoisotopic (exact) mass is 276 g/mol. The second-order valence-electron chi connectivity index (χ2n) is 5.77. The zero-order chi connectivity index (χ0) is 14.6. The SMILES string of the molecule is CNC(CN(C)CCc1ccccc1)(C(=O)O)C1CC1. The van der Waals surface area contributed by atoms with Crippen LogP contribution in [0.25, 0.3) is 0 Å². The summed E-state index contributed by atoms with van der Waals surface area (Å²) < 4.78 is 0. The predicted octanol–water partition coefficient (Wildman–Crippen LogP) is 1.61. The van der Waals surface area contributed by atoms with Crippen LogP contribution in [0.5, 0.6) is 0 Å². The first-order valence-electron chi connectivity index (χ1n) is 7.23. The minimum absolute atomic E-state index is 0.268. The molecule has 0 heterocycles. The highest BCUT2D eigenvalue weighted by atomic mass is 16.4. The van der Waals surface area contributed by atoms with Gasteiger partial charge in [0.25, 0.3) is 0 Å². The van der Waals surface area contributed by atoms with Crippen LogP contribution in [0.15, 0.2) is 30.3 Å². The molecule has 1 aromatic carbocycles. The van der Waals surface area contributed by atoms with Gasteiger partial charge in [-0.25, -0.2) is 0 Å². The molecule has 0 radical (unpaired) electrons. The Kier molecular flexibility index (Phi) is 4.78. The Hall–Kier alpha value is -1.39. The molecule has 20 heavy (non-hydrogen) atoms. The maximum absolute atomic E-state index is 11.7. The summed E-state index contributed by atoms with van der Waals surface area (Å²) in [5.41, 5.74) is 0.502. The fourth-order valence-corrected chi connectivity index (χ4v) is 2.81. The Bertz CT molecular complexity index is 445. The molecule has 2 N–H and O–H groups in total. The maximum Gasteiger partial charge on any atom is 0.325 e. The van der Waals surface area contributed by atoms with Crippen molar-refractivity contribution >= 4 is 5.97 Å². The topological polar surface area (TPSA) is 52.6 Å². The summed E-state index contributed by atoms with van der Waals surface area (Å²) in [4.78, 5) is 13.8. The Labute approximate surface area is 120 Å². The summed E-state index contributed by atoms with van der Waals surface area (Å²) in [6.07, 6.45) is 2.97. The summed E-state index contributed by atoms with van der Waals surface area (Å²) in [5.74, 6) is -0.460. The highest BCUT2D eigenvalue weighted by Gasteiger charge is 2.50. The zero-order valence-corrected chi connectivity index (χ0v) is 12.3. The van der Waals surface area contributed by atoms with E-state index in [1.165, 1.54) is 5.56 Å². The molecule has 4 nitrogen and oxygen atoms in total. The van der Waals surface area contributed by atoms with Crippen LogP contribution in [0.4, 0.5) is 0 Å². The van der Waals surface area contributed by atoms with Crippen LogP contribution in [0, 0.1) is 5.92 Å². The molecule has 1 saturated carbocycles. The Morgan fingerprint density at radius 3 is 2.55 bits per heavy atom. The normalized spacial score (nSPS) is 17.9. The highest BCUT2D eigenvalue weighted by molar-refractivity contribution is 5.80. The van der Waals surface area contributed by atoms with E-state index in [1.54, 1.807) is 7.05 Å². The van der Waals surface area contributed by atoms with E-state index >= 15 is 0 Å². The van der Waals surface area contributed by atoms with Crippen molar-refractivity contribution in [3.63, 3.8) is 0 Å². The fourth-order valence-electron chi connectivity index (χ4n) is 2.81. The summed E-state index contributed by atoms with van der Waals surface area (Å²) >= 11 is 0. The number of benzene rings is 1. The van der Waals surface area contributed by atoms with Crippen molar-refractivity contribution < 1.29 is 9.90 Å². The lowest BCUT2D eigenvalue weighted by molar-refractivity contribution is -0.146. The minimum Gasteiger partial charge on any atom is -0.480 e. The van der Waals surface area contributed by atoms with Gasteiger partial charge in [0, 0.05) is 13.1 Å². The van der Waals surface area contributed by atoms with E-state index in [9.17, 15) is 9.90 Å². The molecule has 0 amide bonds. The van der Waals surface area contributed by atoms with Gasteiger partial charge in [-0.15, -0.1) is 0 Å². The highest BCUT2D eigenvalue weighted by Crippen LogP contribution is 2.40. The first kappa shape index (κ1) is 15.0. The van der Waals surface area contributed by atoms with Gasteiger partial charge in [0.05, 0.1) is 0 Å². The quantitative estimate of drug-likeness (QED) is 0.757. The number of hydrogen-bond donors (Lipinski definition) is 2. The number of carboxylic acids is 1. The molecule has 110 valence electrons. The number of nitrogens with one attached hydrogen (secondary N) is 1. The molecule has 0 spiro atoms. The number of hydrogen-bond acceptors (Lipinski definition) is 3. The third-order valence-electron chi connectivity index (χ3n) is 4.25. The predicted molar refractivity (Wildman–Crippen MR) is 79.8 cm³/mol. The van der Waals surface area contributed by atoms with Crippen LogP contribution in [-0.2, 0) is 11.2 Å². The van der Waals surface area contributed by atoms with Gasteiger partial charge in [0.15, 0.2) is 0 Å². The van der Waals surface area contributed by atoms with Gasteiger partial charge in [-0.2, -0.15) is 0 Å². The summed E-state index contributed by atoms with van der Waals surface area (Å²) in [6, 6.07) is 10.3. The minimum atomic E-state index is -0.786. The Morgan fingerprint density at radius 1 is 1.40 bits per heavy atom. The van der Waals surface area contributed by atoms with E-state index in [-0.39, 0.29) is 5.92 Å². The van der Waals surface area contributed by atoms with Crippen LogP contribution >= 0.6 is 0 Å². The van der Waals surface area contributed by atoms with Crippen LogP contribution in [0.1, 0.15) is 18.4 Å². The molecule has 2 rings (SSSR count). The second-order valence-corrected chi connectivity index (χ2v) is 5.77. The van der Waals surface area contributed by atoms with Crippen molar-refractivity contribution in [2.75, 3.05) is 27.2 Å². The number of carbonyl (C=O) groups is 1. The lowest BCUT2D eigenvalue weighted by Gasteiger charge is -2.33. The third kappa shape index (κ3) is 3.38.